The smallest absolute Gasteiger partial charge is 0.132 e. The van der Waals surface area contributed by atoms with E-state index in [1.54, 1.807) is 19.2 Å². The molecular formula is C17H20FNO. The molecule has 0 aliphatic rings. The van der Waals surface area contributed by atoms with Gasteiger partial charge in [0.15, 0.2) is 0 Å². The van der Waals surface area contributed by atoms with E-state index in [-0.39, 0.29) is 11.9 Å². The summed E-state index contributed by atoms with van der Waals surface area (Å²) in [6.07, 6.45) is 0. The monoisotopic (exact) mass is 273 g/mol. The van der Waals surface area contributed by atoms with E-state index in [0.29, 0.717) is 11.3 Å². The van der Waals surface area contributed by atoms with Gasteiger partial charge in [0.25, 0.3) is 0 Å². The first-order valence-corrected chi connectivity index (χ1v) is 6.68. The van der Waals surface area contributed by atoms with Crippen molar-refractivity contribution in [3.8, 4) is 5.75 Å². The lowest BCUT2D eigenvalue weighted by atomic mass is 10.0. The van der Waals surface area contributed by atoms with E-state index in [9.17, 15) is 4.39 Å². The maximum absolute atomic E-state index is 14.0. The summed E-state index contributed by atoms with van der Waals surface area (Å²) in [6.45, 7) is 6.03. The number of benzene rings is 2. The molecule has 1 unspecified atom stereocenters. The Morgan fingerprint density at radius 2 is 1.75 bits per heavy atom. The average molecular weight is 273 g/mol. The fourth-order valence-electron chi connectivity index (χ4n) is 2.50. The molecule has 0 spiro atoms. The Balaban J connectivity index is 2.30. The van der Waals surface area contributed by atoms with Crippen LogP contribution in [0.25, 0.3) is 0 Å². The molecule has 2 rings (SSSR count). The van der Waals surface area contributed by atoms with Crippen molar-refractivity contribution in [1.82, 2.24) is 0 Å². The molecule has 0 amide bonds. The van der Waals surface area contributed by atoms with Crippen LogP contribution in [0.2, 0.25) is 0 Å². The van der Waals surface area contributed by atoms with Crippen LogP contribution in [0, 0.1) is 19.7 Å². The number of halogens is 1. The molecule has 2 aromatic carbocycles. The van der Waals surface area contributed by atoms with E-state index in [4.69, 9.17) is 4.74 Å². The molecule has 0 aromatic heterocycles. The highest BCUT2D eigenvalue weighted by atomic mass is 19.1. The summed E-state index contributed by atoms with van der Waals surface area (Å²) < 4.78 is 19.3. The third-order valence-corrected chi connectivity index (χ3v) is 3.27. The highest BCUT2D eigenvalue weighted by Crippen LogP contribution is 2.30. The molecule has 0 saturated heterocycles. The van der Waals surface area contributed by atoms with Gasteiger partial charge < -0.3 is 10.1 Å². The number of hydrogen-bond donors (Lipinski definition) is 1. The molecule has 0 fully saturated rings. The van der Waals surface area contributed by atoms with Gasteiger partial charge in [-0.15, -0.1) is 0 Å². The van der Waals surface area contributed by atoms with Gasteiger partial charge in [-0.05, 0) is 56.2 Å². The van der Waals surface area contributed by atoms with Gasteiger partial charge in [-0.2, -0.15) is 0 Å². The largest absolute Gasteiger partial charge is 0.496 e. The summed E-state index contributed by atoms with van der Waals surface area (Å²) in [7, 11) is 1.56. The summed E-state index contributed by atoms with van der Waals surface area (Å²) in [5.41, 5.74) is 3.90. The minimum Gasteiger partial charge on any atom is -0.496 e. The van der Waals surface area contributed by atoms with E-state index in [1.807, 2.05) is 20.8 Å². The van der Waals surface area contributed by atoms with Crippen LogP contribution in [0.3, 0.4) is 0 Å². The van der Waals surface area contributed by atoms with E-state index in [1.165, 1.54) is 17.2 Å². The molecule has 0 bridgehead atoms. The predicted molar refractivity (Wildman–Crippen MR) is 80.9 cm³/mol. The van der Waals surface area contributed by atoms with Gasteiger partial charge in [-0.3, -0.25) is 0 Å². The van der Waals surface area contributed by atoms with Crippen molar-refractivity contribution in [1.29, 1.82) is 0 Å². The summed E-state index contributed by atoms with van der Waals surface area (Å²) in [5, 5.41) is 3.34. The maximum atomic E-state index is 14.0. The quantitative estimate of drug-likeness (QED) is 0.877. The van der Waals surface area contributed by atoms with Crippen LogP contribution in [0.15, 0.2) is 36.4 Å². The van der Waals surface area contributed by atoms with E-state index in [2.05, 4.69) is 23.5 Å². The molecule has 20 heavy (non-hydrogen) atoms. The van der Waals surface area contributed by atoms with Gasteiger partial charge >= 0.3 is 0 Å². The minimum atomic E-state index is -0.256. The molecule has 0 radical (unpaired) electrons. The fraction of sp³-hybridized carbons (Fsp3) is 0.294. The van der Waals surface area contributed by atoms with Crippen LogP contribution >= 0.6 is 0 Å². The van der Waals surface area contributed by atoms with Crippen LogP contribution in [0.5, 0.6) is 5.75 Å². The normalized spacial score (nSPS) is 12.1. The highest BCUT2D eigenvalue weighted by molar-refractivity contribution is 5.51. The highest BCUT2D eigenvalue weighted by Gasteiger charge is 2.16. The summed E-state index contributed by atoms with van der Waals surface area (Å²) in [6, 6.07) is 10.9. The van der Waals surface area contributed by atoms with Gasteiger partial charge in [0, 0.05) is 5.69 Å². The first-order chi connectivity index (χ1) is 9.51. The molecule has 106 valence electrons. The molecule has 0 heterocycles. The number of ether oxygens (including phenoxy) is 1. The van der Waals surface area contributed by atoms with Crippen LogP contribution in [0.4, 0.5) is 10.1 Å². The van der Waals surface area contributed by atoms with Crippen molar-refractivity contribution in [2.45, 2.75) is 26.8 Å². The van der Waals surface area contributed by atoms with Crippen molar-refractivity contribution in [3.63, 3.8) is 0 Å². The van der Waals surface area contributed by atoms with Crippen LogP contribution < -0.4 is 10.1 Å². The van der Waals surface area contributed by atoms with Crippen molar-refractivity contribution in [2.75, 3.05) is 12.4 Å². The van der Waals surface area contributed by atoms with Gasteiger partial charge in [-0.1, -0.05) is 12.1 Å². The second kappa shape index (κ2) is 5.95. The summed E-state index contributed by atoms with van der Waals surface area (Å²) in [4.78, 5) is 0. The standard InChI is InChI=1S/C17H20FNO/c1-11-8-12(2)10-14(9-11)19-13(3)17-15(18)6-5-7-16(17)20-4/h5-10,13,19H,1-4H3. The van der Waals surface area contributed by atoms with Crippen molar-refractivity contribution in [2.24, 2.45) is 0 Å². The zero-order chi connectivity index (χ0) is 14.7. The Morgan fingerprint density at radius 1 is 1.10 bits per heavy atom. The molecule has 1 atom stereocenters. The van der Waals surface area contributed by atoms with Crippen LogP contribution in [-0.2, 0) is 0 Å². The van der Waals surface area contributed by atoms with Crippen molar-refractivity contribution < 1.29 is 9.13 Å². The second-order valence-electron chi connectivity index (χ2n) is 5.10. The lowest BCUT2D eigenvalue weighted by Crippen LogP contribution is -2.10. The van der Waals surface area contributed by atoms with Gasteiger partial charge in [-0.25, -0.2) is 4.39 Å². The number of hydrogen-bond acceptors (Lipinski definition) is 2. The van der Waals surface area contributed by atoms with Gasteiger partial charge in [0.1, 0.15) is 11.6 Å². The van der Waals surface area contributed by atoms with Crippen molar-refractivity contribution in [3.05, 3.63) is 58.9 Å². The minimum absolute atomic E-state index is 0.174. The molecular weight excluding hydrogens is 253 g/mol. The van der Waals surface area contributed by atoms with Crippen LogP contribution in [-0.4, -0.2) is 7.11 Å². The Bertz CT molecular complexity index is 590. The van der Waals surface area contributed by atoms with E-state index >= 15 is 0 Å². The van der Waals surface area contributed by atoms with Crippen LogP contribution in [0.1, 0.15) is 29.7 Å². The topological polar surface area (TPSA) is 21.3 Å². The van der Waals surface area contributed by atoms with Crippen molar-refractivity contribution >= 4 is 5.69 Å². The molecule has 2 aromatic rings. The Hall–Kier alpha value is -2.03. The zero-order valence-corrected chi connectivity index (χ0v) is 12.3. The zero-order valence-electron chi connectivity index (χ0n) is 12.3. The first-order valence-electron chi connectivity index (χ1n) is 6.68. The average Bonchev–Trinajstić information content (AvgIpc) is 2.36. The summed E-state index contributed by atoms with van der Waals surface area (Å²) in [5.74, 6) is 0.308. The van der Waals surface area contributed by atoms with E-state index in [0.717, 1.165) is 5.69 Å². The lowest BCUT2D eigenvalue weighted by Gasteiger charge is -2.19. The number of aryl methyl sites for hydroxylation is 2. The third kappa shape index (κ3) is 3.10. The number of rotatable bonds is 4. The Labute approximate surface area is 119 Å². The molecule has 0 aliphatic carbocycles. The third-order valence-electron chi connectivity index (χ3n) is 3.27. The predicted octanol–water partition coefficient (Wildman–Crippen LogP) is 4.62. The van der Waals surface area contributed by atoms with Gasteiger partial charge in [0.05, 0.1) is 18.7 Å². The lowest BCUT2D eigenvalue weighted by molar-refractivity contribution is 0.402. The SMILES string of the molecule is COc1cccc(F)c1C(C)Nc1cc(C)cc(C)c1. The van der Waals surface area contributed by atoms with E-state index < -0.39 is 0 Å². The maximum Gasteiger partial charge on any atom is 0.132 e. The van der Waals surface area contributed by atoms with Gasteiger partial charge in [0.2, 0.25) is 0 Å². The number of nitrogens with one attached hydrogen (secondary N) is 1. The Kier molecular flexibility index (Phi) is 4.28. The molecule has 0 saturated carbocycles. The molecule has 1 N–H and O–H groups in total. The molecule has 3 heteroatoms. The fourth-order valence-corrected chi connectivity index (χ4v) is 2.50. The molecule has 2 nitrogen and oxygen atoms in total. The summed E-state index contributed by atoms with van der Waals surface area (Å²) >= 11 is 0. The number of methoxy groups -OCH3 is 1. The first kappa shape index (κ1) is 14.4. The molecule has 0 aliphatic heterocycles. The Morgan fingerprint density at radius 3 is 2.35 bits per heavy atom. The number of anilines is 1. The second-order valence-corrected chi connectivity index (χ2v) is 5.10.